The number of rotatable bonds is 17. The average molecular weight is 704 g/mol. The highest BCUT2D eigenvalue weighted by atomic mass is 32.2. The minimum Gasteiger partial charge on any atom is -0.299 e. The molecule has 0 saturated heterocycles. The second kappa shape index (κ2) is 16.0. The van der Waals surface area contributed by atoms with Crippen molar-refractivity contribution in [3.63, 3.8) is 0 Å². The number of unbranched alkanes of at least 4 members (excludes halogenated alkanes) is 2. The average Bonchev–Trinajstić information content (AvgIpc) is 3.67. The lowest BCUT2D eigenvalue weighted by molar-refractivity contribution is 0.170. The Morgan fingerprint density at radius 2 is 1.12 bits per heavy atom. The summed E-state index contributed by atoms with van der Waals surface area (Å²) in [7, 11) is -4.10. The Morgan fingerprint density at radius 3 is 1.58 bits per heavy atom. The maximum atomic E-state index is 12.9. The van der Waals surface area contributed by atoms with Crippen molar-refractivity contribution >= 4 is 32.1 Å². The lowest BCUT2D eigenvalue weighted by atomic mass is 10.0. The molecule has 0 saturated carbocycles. The predicted octanol–water partition coefficient (Wildman–Crippen LogP) is 5.75. The largest absolute Gasteiger partial charge is 0.299 e. The molecule has 0 aliphatic rings. The zero-order chi connectivity index (χ0) is 36.2. The van der Waals surface area contributed by atoms with Crippen molar-refractivity contribution in [1.29, 1.82) is 0 Å². The van der Waals surface area contributed by atoms with Crippen LogP contribution < -0.4 is 5.14 Å². The first-order valence-corrected chi connectivity index (χ1v) is 19.3. The number of hydrogen-bond acceptors (Lipinski definition) is 10. The molecule has 0 fully saturated rings. The SMILES string of the molecule is CC(C)N(CCCCn1ncc2c(-c3ccc(S(N)(=O)=O)c(-c4ncnc5c4cnn5CCCCN(C(C)C)C(C)C)c3)ncnc21)C(C)C. The summed E-state index contributed by atoms with van der Waals surface area (Å²) in [6, 6.07) is 6.96. The van der Waals surface area contributed by atoms with Gasteiger partial charge in [-0.1, -0.05) is 6.07 Å². The Bertz CT molecular complexity index is 1980. The highest BCUT2D eigenvalue weighted by Gasteiger charge is 2.23. The van der Waals surface area contributed by atoms with E-state index in [0.717, 1.165) is 56.4 Å². The van der Waals surface area contributed by atoms with Crippen molar-refractivity contribution in [2.45, 2.75) is 123 Å². The van der Waals surface area contributed by atoms with Gasteiger partial charge in [-0.3, -0.25) is 9.80 Å². The normalized spacial score (nSPS) is 12.8. The van der Waals surface area contributed by atoms with Crippen molar-refractivity contribution in [2.24, 2.45) is 5.14 Å². The van der Waals surface area contributed by atoms with Gasteiger partial charge in [-0.25, -0.2) is 42.9 Å². The maximum Gasteiger partial charge on any atom is 0.238 e. The van der Waals surface area contributed by atoms with Gasteiger partial charge in [0.15, 0.2) is 11.3 Å². The molecule has 4 heterocycles. The summed E-state index contributed by atoms with van der Waals surface area (Å²) in [5.41, 5.74) is 3.51. The molecule has 2 N–H and O–H groups in total. The molecule has 0 amide bonds. The Kier molecular flexibility index (Phi) is 12.0. The molecule has 0 spiro atoms. The predicted molar refractivity (Wildman–Crippen MR) is 199 cm³/mol. The van der Waals surface area contributed by atoms with Gasteiger partial charge in [-0.05, 0) is 106 Å². The van der Waals surface area contributed by atoms with Crippen LogP contribution in [-0.2, 0) is 23.1 Å². The third-order valence-electron chi connectivity index (χ3n) is 9.41. The van der Waals surface area contributed by atoms with Crippen LogP contribution in [0.1, 0.15) is 81.1 Å². The van der Waals surface area contributed by atoms with Gasteiger partial charge in [0.25, 0.3) is 0 Å². The number of primary sulfonamides is 1. The molecule has 5 rings (SSSR count). The number of nitrogens with zero attached hydrogens (tertiary/aromatic N) is 10. The van der Waals surface area contributed by atoms with E-state index in [4.69, 9.17) is 5.14 Å². The summed E-state index contributed by atoms with van der Waals surface area (Å²) in [6.45, 7) is 21.3. The number of sulfonamides is 1. The number of hydrogen-bond donors (Lipinski definition) is 1. The molecule has 0 radical (unpaired) electrons. The molecule has 0 unspecified atom stereocenters. The van der Waals surface area contributed by atoms with Crippen LogP contribution in [0, 0.1) is 0 Å². The summed E-state index contributed by atoms with van der Waals surface area (Å²) < 4.78 is 29.5. The van der Waals surface area contributed by atoms with Crippen LogP contribution in [0.3, 0.4) is 0 Å². The van der Waals surface area contributed by atoms with Gasteiger partial charge in [0.2, 0.25) is 10.0 Å². The minimum absolute atomic E-state index is 0.0331. The fraction of sp³-hybridized carbons (Fsp3) is 0.556. The van der Waals surface area contributed by atoms with Crippen molar-refractivity contribution in [3.8, 4) is 22.5 Å². The van der Waals surface area contributed by atoms with Crippen molar-refractivity contribution in [2.75, 3.05) is 13.1 Å². The van der Waals surface area contributed by atoms with Crippen LogP contribution >= 0.6 is 0 Å². The Balaban J connectivity index is 1.42. The third-order valence-corrected chi connectivity index (χ3v) is 10.4. The number of fused-ring (bicyclic) bond motifs is 2. The molecule has 0 bridgehead atoms. The van der Waals surface area contributed by atoms with E-state index in [-0.39, 0.29) is 4.90 Å². The fourth-order valence-electron chi connectivity index (χ4n) is 7.01. The zero-order valence-electron chi connectivity index (χ0n) is 30.8. The first kappa shape index (κ1) is 37.4. The lowest BCUT2D eigenvalue weighted by Gasteiger charge is -2.30. The molecule has 270 valence electrons. The smallest absolute Gasteiger partial charge is 0.238 e. The van der Waals surface area contributed by atoms with Crippen LogP contribution in [-0.4, -0.2) is 95.0 Å². The van der Waals surface area contributed by atoms with Gasteiger partial charge < -0.3 is 0 Å². The second-order valence-electron chi connectivity index (χ2n) is 14.2. The molecule has 5 aromatic rings. The monoisotopic (exact) mass is 703 g/mol. The van der Waals surface area contributed by atoms with Gasteiger partial charge in [-0.2, -0.15) is 10.2 Å². The van der Waals surface area contributed by atoms with E-state index < -0.39 is 10.0 Å². The summed E-state index contributed by atoms with van der Waals surface area (Å²) in [5, 5.41) is 16.5. The van der Waals surface area contributed by atoms with E-state index >= 15 is 0 Å². The van der Waals surface area contributed by atoms with Crippen molar-refractivity contribution in [1.82, 2.24) is 49.3 Å². The van der Waals surface area contributed by atoms with Gasteiger partial charge >= 0.3 is 0 Å². The van der Waals surface area contributed by atoms with Crippen LogP contribution in [0.5, 0.6) is 0 Å². The second-order valence-corrected chi connectivity index (χ2v) is 15.7. The van der Waals surface area contributed by atoms with E-state index in [1.165, 1.54) is 18.7 Å². The maximum absolute atomic E-state index is 12.9. The van der Waals surface area contributed by atoms with Crippen molar-refractivity contribution in [3.05, 3.63) is 43.2 Å². The summed E-state index contributed by atoms with van der Waals surface area (Å²) in [5.74, 6) is 0. The van der Waals surface area contributed by atoms with E-state index in [1.54, 1.807) is 24.5 Å². The molecule has 50 heavy (non-hydrogen) atoms. The standard InChI is InChI=1S/C36H53N11O2S/c1-24(2)44(25(3)4)15-9-11-17-46-35-30(20-42-46)33(38-22-40-35)28-13-14-32(50(37,48)49)29(19-28)34-31-21-43-47(36(31)41-23-39-34)18-12-10-16-45(26(5)6)27(7)8/h13-14,19-27H,9-12,15-18H2,1-8H3,(H2,37,48,49). The highest BCUT2D eigenvalue weighted by Crippen LogP contribution is 2.35. The molecular formula is C36H53N11O2S. The summed E-state index contributed by atoms with van der Waals surface area (Å²) in [6.07, 6.45) is 10.4. The minimum atomic E-state index is -4.10. The first-order valence-electron chi connectivity index (χ1n) is 17.8. The molecule has 0 atom stereocenters. The Labute approximate surface area is 296 Å². The molecule has 4 aromatic heterocycles. The van der Waals surface area contributed by atoms with E-state index in [0.29, 0.717) is 64.3 Å². The van der Waals surface area contributed by atoms with Crippen molar-refractivity contribution < 1.29 is 8.42 Å². The third kappa shape index (κ3) is 8.36. The number of aryl methyl sites for hydroxylation is 2. The molecule has 0 aliphatic heterocycles. The van der Waals surface area contributed by atoms with Crippen LogP contribution in [0.2, 0.25) is 0 Å². The molecule has 0 aliphatic carbocycles. The number of aromatic nitrogens is 8. The lowest BCUT2D eigenvalue weighted by Crippen LogP contribution is -2.37. The van der Waals surface area contributed by atoms with Crippen LogP contribution in [0.25, 0.3) is 44.6 Å². The zero-order valence-corrected chi connectivity index (χ0v) is 31.6. The Morgan fingerprint density at radius 1 is 0.660 bits per heavy atom. The Hall–Kier alpha value is -3.85. The highest BCUT2D eigenvalue weighted by molar-refractivity contribution is 7.89. The summed E-state index contributed by atoms with van der Waals surface area (Å²) >= 11 is 0. The topological polar surface area (TPSA) is 154 Å². The van der Waals surface area contributed by atoms with Crippen LogP contribution in [0.4, 0.5) is 0 Å². The fourth-order valence-corrected chi connectivity index (χ4v) is 7.73. The quantitative estimate of drug-likeness (QED) is 0.119. The van der Waals surface area contributed by atoms with E-state index in [9.17, 15) is 8.42 Å². The van der Waals surface area contributed by atoms with E-state index in [1.807, 2.05) is 9.36 Å². The molecule has 13 nitrogen and oxygen atoms in total. The molecule has 14 heteroatoms. The first-order chi connectivity index (χ1) is 23.8. The van der Waals surface area contributed by atoms with Gasteiger partial charge in [0.05, 0.1) is 39.4 Å². The number of benzene rings is 1. The number of nitrogens with two attached hydrogens (primary N) is 1. The molecule has 1 aromatic carbocycles. The van der Waals surface area contributed by atoms with Gasteiger partial charge in [-0.15, -0.1) is 0 Å². The van der Waals surface area contributed by atoms with E-state index in [2.05, 4.69) is 95.3 Å². The van der Waals surface area contributed by atoms with Crippen LogP contribution in [0.15, 0.2) is 48.1 Å². The molecular weight excluding hydrogens is 651 g/mol. The van der Waals surface area contributed by atoms with Gasteiger partial charge in [0, 0.05) is 48.4 Å². The summed E-state index contributed by atoms with van der Waals surface area (Å²) in [4.78, 5) is 23.2. The van der Waals surface area contributed by atoms with Gasteiger partial charge in [0.1, 0.15) is 12.7 Å².